The van der Waals surface area contributed by atoms with Crippen LogP contribution in [0.1, 0.15) is 11.1 Å². The van der Waals surface area contributed by atoms with E-state index in [1.54, 1.807) is 6.07 Å². The zero-order chi connectivity index (χ0) is 20.5. The van der Waals surface area contributed by atoms with Gasteiger partial charge < -0.3 is 10.1 Å². The minimum absolute atomic E-state index is 0. The molecule has 1 aliphatic rings. The van der Waals surface area contributed by atoms with Crippen LogP contribution in [0.2, 0.25) is 5.02 Å². The molecule has 0 bridgehead atoms. The van der Waals surface area contributed by atoms with Crippen LogP contribution in [-0.2, 0) is 22.9 Å². The van der Waals surface area contributed by atoms with Crippen molar-refractivity contribution < 1.29 is 26.3 Å². The van der Waals surface area contributed by atoms with Crippen molar-refractivity contribution in [3.05, 3.63) is 51.0 Å². The second-order valence-corrected chi connectivity index (χ2v) is 9.00. The van der Waals surface area contributed by atoms with E-state index < -0.39 is 27.0 Å². The first-order chi connectivity index (χ1) is 13.1. The number of benzene rings is 2. The van der Waals surface area contributed by atoms with E-state index in [1.165, 1.54) is 12.1 Å². The Morgan fingerprint density at radius 3 is 2.52 bits per heavy atom. The summed E-state index contributed by atoms with van der Waals surface area (Å²) in [5, 5.41) is 3.46. The molecule has 5 nitrogen and oxygen atoms in total. The molecule has 1 heterocycles. The van der Waals surface area contributed by atoms with Crippen LogP contribution in [0.15, 0.2) is 39.7 Å². The Morgan fingerprint density at radius 2 is 1.83 bits per heavy atom. The van der Waals surface area contributed by atoms with Crippen molar-refractivity contribution >= 4 is 55.6 Å². The number of hydrogen-bond donors (Lipinski definition) is 2. The Morgan fingerprint density at radius 1 is 1.14 bits per heavy atom. The standard InChI is InChI=1S/C17H15BrClF3N2O3S.ClH/c18-11-2-4-15(14(9-11)27-17(20,21)22)28(25,26)24-13-3-1-10-5-7-23-8-6-12(10)16(13)19;/h1-4,9,23-24H,5-8H2;1H. The number of nitrogens with one attached hydrogen (secondary N) is 2. The van der Waals surface area contributed by atoms with Crippen molar-refractivity contribution in [3.63, 3.8) is 0 Å². The molecule has 0 aliphatic carbocycles. The monoisotopic (exact) mass is 534 g/mol. The molecule has 2 aromatic carbocycles. The molecule has 0 radical (unpaired) electrons. The van der Waals surface area contributed by atoms with Crippen molar-refractivity contribution in [2.24, 2.45) is 0 Å². The Balaban J connectivity index is 0.00000300. The molecular formula is C17H16BrCl2F3N2O3S. The summed E-state index contributed by atoms with van der Waals surface area (Å²) in [4.78, 5) is -0.652. The van der Waals surface area contributed by atoms with Crippen LogP contribution in [-0.4, -0.2) is 27.9 Å². The molecule has 0 fully saturated rings. The van der Waals surface area contributed by atoms with Gasteiger partial charge in [0.1, 0.15) is 4.90 Å². The van der Waals surface area contributed by atoms with Crippen molar-refractivity contribution in [1.82, 2.24) is 5.32 Å². The van der Waals surface area contributed by atoms with E-state index in [9.17, 15) is 21.6 Å². The number of sulfonamides is 1. The maximum atomic E-state index is 12.8. The lowest BCUT2D eigenvalue weighted by atomic mass is 10.0. The summed E-state index contributed by atoms with van der Waals surface area (Å²) in [7, 11) is -4.39. The highest BCUT2D eigenvalue weighted by atomic mass is 79.9. The number of rotatable bonds is 4. The predicted octanol–water partition coefficient (Wildman–Crippen LogP) is 4.91. The molecule has 2 N–H and O–H groups in total. The van der Waals surface area contributed by atoms with Gasteiger partial charge in [0, 0.05) is 4.47 Å². The van der Waals surface area contributed by atoms with E-state index in [0.29, 0.717) is 13.0 Å². The minimum atomic E-state index is -5.04. The van der Waals surface area contributed by atoms with Gasteiger partial charge in [-0.15, -0.1) is 25.6 Å². The first-order valence-electron chi connectivity index (χ1n) is 8.16. The molecule has 0 saturated carbocycles. The van der Waals surface area contributed by atoms with E-state index in [0.717, 1.165) is 36.2 Å². The topological polar surface area (TPSA) is 67.4 Å². The molecule has 0 aromatic heterocycles. The molecule has 160 valence electrons. The number of anilines is 1. The fourth-order valence-corrected chi connectivity index (χ4v) is 4.82. The van der Waals surface area contributed by atoms with Crippen molar-refractivity contribution in [2.75, 3.05) is 17.8 Å². The fourth-order valence-electron chi connectivity index (χ4n) is 2.91. The quantitative estimate of drug-likeness (QED) is 0.583. The van der Waals surface area contributed by atoms with Crippen molar-refractivity contribution in [2.45, 2.75) is 24.1 Å². The molecule has 1 aliphatic heterocycles. The average molecular weight is 536 g/mol. The summed E-state index contributed by atoms with van der Waals surface area (Å²) in [5.74, 6) is -0.843. The number of ether oxygens (including phenoxy) is 1. The van der Waals surface area contributed by atoms with E-state index in [1.807, 2.05) is 0 Å². The van der Waals surface area contributed by atoms with Gasteiger partial charge in [-0.2, -0.15) is 0 Å². The zero-order valence-corrected chi connectivity index (χ0v) is 18.6. The summed E-state index contributed by atoms with van der Waals surface area (Å²) >= 11 is 9.40. The normalized spacial score (nSPS) is 14.4. The Labute approximate surface area is 185 Å². The lowest BCUT2D eigenvalue weighted by molar-refractivity contribution is -0.275. The van der Waals surface area contributed by atoms with E-state index in [-0.39, 0.29) is 27.6 Å². The molecule has 0 unspecified atom stereocenters. The van der Waals surface area contributed by atoms with Crippen LogP contribution in [0.3, 0.4) is 0 Å². The van der Waals surface area contributed by atoms with Crippen LogP contribution >= 0.6 is 39.9 Å². The van der Waals surface area contributed by atoms with Crippen LogP contribution in [0.25, 0.3) is 0 Å². The van der Waals surface area contributed by atoms with Gasteiger partial charge in [0.05, 0.1) is 10.7 Å². The first kappa shape index (κ1) is 24.1. The highest BCUT2D eigenvalue weighted by molar-refractivity contribution is 9.10. The number of hydrogen-bond acceptors (Lipinski definition) is 4. The lowest BCUT2D eigenvalue weighted by Gasteiger charge is -2.17. The Bertz CT molecular complexity index is 1000. The van der Waals surface area contributed by atoms with Gasteiger partial charge in [-0.1, -0.05) is 33.6 Å². The van der Waals surface area contributed by atoms with Gasteiger partial charge in [0.2, 0.25) is 0 Å². The average Bonchev–Trinajstić information content (AvgIpc) is 2.81. The zero-order valence-electron chi connectivity index (χ0n) is 14.6. The summed E-state index contributed by atoms with van der Waals surface area (Å²) < 4.78 is 70.0. The Kier molecular flexibility index (Phi) is 7.72. The maximum Gasteiger partial charge on any atom is 0.573 e. The molecule has 3 rings (SSSR count). The van der Waals surface area contributed by atoms with E-state index in [2.05, 4.69) is 30.7 Å². The number of fused-ring (bicyclic) bond motifs is 1. The third kappa shape index (κ3) is 5.91. The van der Waals surface area contributed by atoms with Crippen LogP contribution in [0.5, 0.6) is 5.75 Å². The summed E-state index contributed by atoms with van der Waals surface area (Å²) in [6.45, 7) is 1.48. The van der Waals surface area contributed by atoms with Gasteiger partial charge >= 0.3 is 6.36 Å². The summed E-state index contributed by atoms with van der Waals surface area (Å²) in [6, 6.07) is 6.54. The first-order valence-corrected chi connectivity index (χ1v) is 10.8. The van der Waals surface area contributed by atoms with Gasteiger partial charge in [0.25, 0.3) is 10.0 Å². The van der Waals surface area contributed by atoms with Crippen molar-refractivity contribution in [1.29, 1.82) is 0 Å². The summed E-state index contributed by atoms with van der Waals surface area (Å²) in [6.07, 6.45) is -3.68. The summed E-state index contributed by atoms with van der Waals surface area (Å²) in [5.41, 5.74) is 1.92. The second-order valence-electron chi connectivity index (χ2n) is 6.06. The lowest BCUT2D eigenvalue weighted by Crippen LogP contribution is -2.21. The number of halogens is 6. The number of alkyl halides is 3. The smallest absolute Gasteiger partial charge is 0.404 e. The highest BCUT2D eigenvalue weighted by Gasteiger charge is 2.34. The van der Waals surface area contributed by atoms with E-state index in [4.69, 9.17) is 11.6 Å². The van der Waals surface area contributed by atoms with Crippen LogP contribution in [0, 0.1) is 0 Å². The molecular weight excluding hydrogens is 520 g/mol. The molecule has 2 aromatic rings. The van der Waals surface area contributed by atoms with Gasteiger partial charge in [-0.3, -0.25) is 4.72 Å². The molecule has 12 heteroatoms. The Hall–Kier alpha value is -1.20. The van der Waals surface area contributed by atoms with Crippen molar-refractivity contribution in [3.8, 4) is 5.75 Å². The predicted molar refractivity (Wildman–Crippen MR) is 111 cm³/mol. The molecule has 0 spiro atoms. The van der Waals surface area contributed by atoms with Gasteiger partial charge in [0.15, 0.2) is 5.75 Å². The van der Waals surface area contributed by atoms with Gasteiger partial charge in [-0.05, 0) is 61.3 Å². The highest BCUT2D eigenvalue weighted by Crippen LogP contribution is 2.36. The van der Waals surface area contributed by atoms with Gasteiger partial charge in [-0.25, -0.2) is 8.42 Å². The third-order valence-electron chi connectivity index (χ3n) is 4.13. The second kappa shape index (κ2) is 9.30. The SMILES string of the molecule is Cl.O=S(=O)(Nc1ccc2c(c1Cl)CCNCC2)c1ccc(Br)cc1OC(F)(F)F. The largest absolute Gasteiger partial charge is 0.573 e. The molecule has 0 saturated heterocycles. The minimum Gasteiger partial charge on any atom is -0.404 e. The third-order valence-corrected chi connectivity index (χ3v) is 6.46. The van der Waals surface area contributed by atoms with E-state index >= 15 is 0 Å². The maximum absolute atomic E-state index is 12.8. The molecule has 29 heavy (non-hydrogen) atoms. The van der Waals surface area contributed by atoms with Crippen LogP contribution < -0.4 is 14.8 Å². The van der Waals surface area contributed by atoms with Crippen LogP contribution in [0.4, 0.5) is 18.9 Å². The molecule has 0 atom stereocenters. The molecule has 0 amide bonds. The fraction of sp³-hybridized carbons (Fsp3) is 0.294.